The third-order valence-corrected chi connectivity index (χ3v) is 3.81. The first kappa shape index (κ1) is 15.9. The first-order chi connectivity index (χ1) is 10.1. The lowest BCUT2D eigenvalue weighted by Gasteiger charge is -2.09. The van der Waals surface area contributed by atoms with Crippen LogP contribution in [-0.4, -0.2) is 10.9 Å². The minimum absolute atomic E-state index is 0.419. The molecule has 2 rings (SSSR count). The van der Waals surface area contributed by atoms with E-state index in [1.165, 1.54) is 0 Å². The van der Waals surface area contributed by atoms with Crippen molar-refractivity contribution in [1.29, 1.82) is 0 Å². The molecule has 0 spiro atoms. The van der Waals surface area contributed by atoms with E-state index in [2.05, 4.69) is 21.1 Å². The summed E-state index contributed by atoms with van der Waals surface area (Å²) < 4.78 is 6.67. The molecule has 0 heterocycles. The molecule has 0 unspecified atom stereocenters. The van der Waals surface area contributed by atoms with Gasteiger partial charge in [-0.1, -0.05) is 50.9 Å². The highest BCUT2D eigenvalue weighted by Crippen LogP contribution is 2.23. The van der Waals surface area contributed by atoms with E-state index in [0.717, 1.165) is 21.3 Å². The van der Waals surface area contributed by atoms with Crippen LogP contribution in [0.3, 0.4) is 0 Å². The summed E-state index contributed by atoms with van der Waals surface area (Å²) in [4.78, 5) is 0. The monoisotopic (exact) mass is 367 g/mol. The van der Waals surface area contributed by atoms with E-state index in [1.807, 2.05) is 42.5 Å². The Hall–Kier alpha value is -1.52. The molecular formula is C16H15BrClNO2. The molecule has 5 heteroatoms. The van der Waals surface area contributed by atoms with Gasteiger partial charge in [0.1, 0.15) is 12.4 Å². The van der Waals surface area contributed by atoms with Gasteiger partial charge in [-0.15, -0.1) is 0 Å². The van der Waals surface area contributed by atoms with Crippen LogP contribution in [-0.2, 0) is 13.0 Å². The Labute approximate surface area is 137 Å². The molecule has 0 saturated carbocycles. The van der Waals surface area contributed by atoms with E-state index in [1.54, 1.807) is 6.92 Å². The lowest BCUT2D eigenvalue weighted by molar-refractivity contribution is 0.306. The predicted octanol–water partition coefficient (Wildman–Crippen LogP) is 5.07. The van der Waals surface area contributed by atoms with E-state index in [0.29, 0.717) is 23.8 Å². The van der Waals surface area contributed by atoms with Crippen LogP contribution in [0.4, 0.5) is 0 Å². The standard InChI is InChI=1S/C16H15BrClNO2/c1-11(19-20)8-12-2-6-15(7-3-12)21-10-13-4-5-14(17)9-16(13)18/h2-7,9,20H,8,10H2,1H3/b19-11-. The number of rotatable bonds is 5. The zero-order valence-corrected chi connectivity index (χ0v) is 13.9. The first-order valence-electron chi connectivity index (χ1n) is 6.41. The molecule has 0 saturated heterocycles. The highest BCUT2D eigenvalue weighted by molar-refractivity contribution is 9.10. The van der Waals surface area contributed by atoms with Gasteiger partial charge in [-0.2, -0.15) is 0 Å². The molecule has 110 valence electrons. The molecule has 0 aliphatic heterocycles. The lowest BCUT2D eigenvalue weighted by atomic mass is 10.1. The second-order valence-electron chi connectivity index (χ2n) is 4.68. The number of oxime groups is 1. The Morgan fingerprint density at radius 1 is 1.24 bits per heavy atom. The molecule has 0 amide bonds. The second kappa shape index (κ2) is 7.48. The van der Waals surface area contributed by atoms with Gasteiger partial charge in [-0.25, -0.2) is 0 Å². The van der Waals surface area contributed by atoms with E-state index in [-0.39, 0.29) is 0 Å². The Morgan fingerprint density at radius 2 is 1.95 bits per heavy atom. The van der Waals surface area contributed by atoms with Crippen molar-refractivity contribution in [2.24, 2.45) is 5.16 Å². The van der Waals surface area contributed by atoms with Crippen LogP contribution in [0.1, 0.15) is 18.1 Å². The van der Waals surface area contributed by atoms with Gasteiger partial charge in [0.05, 0.1) is 5.71 Å². The third-order valence-electron chi connectivity index (χ3n) is 2.96. The molecule has 0 aromatic heterocycles. The van der Waals surface area contributed by atoms with Crippen LogP contribution in [0, 0.1) is 0 Å². The maximum Gasteiger partial charge on any atom is 0.119 e. The van der Waals surface area contributed by atoms with Crippen LogP contribution in [0.2, 0.25) is 5.02 Å². The largest absolute Gasteiger partial charge is 0.489 e. The number of benzene rings is 2. The Kier molecular flexibility index (Phi) is 5.65. The van der Waals surface area contributed by atoms with Crippen LogP contribution < -0.4 is 4.74 Å². The van der Waals surface area contributed by atoms with Crippen molar-refractivity contribution in [2.75, 3.05) is 0 Å². The van der Waals surface area contributed by atoms with Crippen molar-refractivity contribution in [2.45, 2.75) is 20.0 Å². The fourth-order valence-corrected chi connectivity index (χ4v) is 2.56. The fourth-order valence-electron chi connectivity index (χ4n) is 1.83. The average Bonchev–Trinajstić information content (AvgIpc) is 2.48. The molecule has 3 nitrogen and oxygen atoms in total. The zero-order chi connectivity index (χ0) is 15.2. The Morgan fingerprint density at radius 3 is 2.57 bits per heavy atom. The van der Waals surface area contributed by atoms with E-state index in [9.17, 15) is 0 Å². The summed E-state index contributed by atoms with van der Waals surface area (Å²) in [5.74, 6) is 0.774. The maximum absolute atomic E-state index is 8.65. The molecule has 0 fully saturated rings. The summed E-state index contributed by atoms with van der Waals surface area (Å²) in [5, 5.41) is 12.5. The zero-order valence-electron chi connectivity index (χ0n) is 11.5. The highest BCUT2D eigenvalue weighted by Gasteiger charge is 2.03. The fraction of sp³-hybridized carbons (Fsp3) is 0.188. The second-order valence-corrected chi connectivity index (χ2v) is 6.00. The van der Waals surface area contributed by atoms with Crippen LogP contribution in [0.25, 0.3) is 0 Å². The van der Waals surface area contributed by atoms with Crippen molar-refractivity contribution >= 4 is 33.2 Å². The molecule has 0 bridgehead atoms. The van der Waals surface area contributed by atoms with Gasteiger partial charge < -0.3 is 9.94 Å². The topological polar surface area (TPSA) is 41.8 Å². The van der Waals surface area contributed by atoms with E-state index >= 15 is 0 Å². The summed E-state index contributed by atoms with van der Waals surface area (Å²) >= 11 is 9.52. The van der Waals surface area contributed by atoms with Gasteiger partial charge in [0, 0.05) is 21.5 Å². The number of hydrogen-bond acceptors (Lipinski definition) is 3. The van der Waals surface area contributed by atoms with Gasteiger partial charge in [-0.05, 0) is 36.8 Å². The summed E-state index contributed by atoms with van der Waals surface area (Å²) in [7, 11) is 0. The molecule has 0 aliphatic rings. The minimum Gasteiger partial charge on any atom is -0.489 e. The summed E-state index contributed by atoms with van der Waals surface area (Å²) in [6.45, 7) is 2.20. The molecule has 2 aromatic rings. The lowest BCUT2D eigenvalue weighted by Crippen LogP contribution is -1.99. The number of hydrogen-bond donors (Lipinski definition) is 1. The molecule has 2 aromatic carbocycles. The van der Waals surface area contributed by atoms with Crippen molar-refractivity contribution in [3.63, 3.8) is 0 Å². The number of halogens is 2. The predicted molar refractivity (Wildman–Crippen MR) is 88.5 cm³/mol. The number of nitrogens with zero attached hydrogens (tertiary/aromatic N) is 1. The van der Waals surface area contributed by atoms with Gasteiger partial charge in [-0.3, -0.25) is 0 Å². The minimum atomic E-state index is 0.419. The Balaban J connectivity index is 1.97. The first-order valence-corrected chi connectivity index (χ1v) is 7.59. The van der Waals surface area contributed by atoms with E-state index in [4.69, 9.17) is 21.5 Å². The van der Waals surface area contributed by atoms with Crippen LogP contribution >= 0.6 is 27.5 Å². The van der Waals surface area contributed by atoms with Crippen molar-refractivity contribution in [3.05, 3.63) is 63.1 Å². The van der Waals surface area contributed by atoms with Gasteiger partial charge >= 0.3 is 0 Å². The average molecular weight is 369 g/mol. The SMILES string of the molecule is C/C(Cc1ccc(OCc2ccc(Br)cc2Cl)cc1)=N/O. The smallest absolute Gasteiger partial charge is 0.119 e. The van der Waals surface area contributed by atoms with Gasteiger partial charge in [0.15, 0.2) is 0 Å². The van der Waals surface area contributed by atoms with Crippen molar-refractivity contribution in [3.8, 4) is 5.75 Å². The van der Waals surface area contributed by atoms with Crippen LogP contribution in [0.5, 0.6) is 5.75 Å². The summed E-state index contributed by atoms with van der Waals surface area (Å²) in [6.07, 6.45) is 0.620. The van der Waals surface area contributed by atoms with Crippen molar-refractivity contribution < 1.29 is 9.94 Å². The van der Waals surface area contributed by atoms with E-state index < -0.39 is 0 Å². The third kappa shape index (κ3) is 4.76. The van der Waals surface area contributed by atoms with Crippen molar-refractivity contribution in [1.82, 2.24) is 0 Å². The molecule has 1 N–H and O–H groups in total. The highest BCUT2D eigenvalue weighted by atomic mass is 79.9. The van der Waals surface area contributed by atoms with Crippen LogP contribution in [0.15, 0.2) is 52.1 Å². The van der Waals surface area contributed by atoms with Gasteiger partial charge in [0.25, 0.3) is 0 Å². The summed E-state index contributed by atoms with van der Waals surface area (Å²) in [6, 6.07) is 13.4. The number of ether oxygens (including phenoxy) is 1. The Bertz CT molecular complexity index is 641. The molecule has 21 heavy (non-hydrogen) atoms. The molecule has 0 aliphatic carbocycles. The van der Waals surface area contributed by atoms with Gasteiger partial charge in [0.2, 0.25) is 0 Å². The quantitative estimate of drug-likeness (QED) is 0.454. The molecule has 0 radical (unpaired) electrons. The normalized spacial score (nSPS) is 11.5. The molecule has 0 atom stereocenters. The maximum atomic E-state index is 8.65. The molecular weight excluding hydrogens is 354 g/mol. The summed E-state index contributed by atoms with van der Waals surface area (Å²) in [5.41, 5.74) is 2.68.